The number of hydrogen-bond acceptors (Lipinski definition) is 5. The normalized spacial score (nSPS) is 11.4. The van der Waals surface area contributed by atoms with Crippen LogP contribution in [0, 0.1) is 6.92 Å². The Kier molecular flexibility index (Phi) is 5.35. The molecular formula is C21H16BrN5O2. The van der Waals surface area contributed by atoms with Crippen molar-refractivity contribution < 1.29 is 9.21 Å². The number of amides is 1. The van der Waals surface area contributed by atoms with Crippen LogP contribution in [-0.2, 0) is 4.79 Å². The largest absolute Gasteiger partial charge is 0.465 e. The SMILES string of the molecule is Cc1cc(NC(=O)/C(=C\c2ccco2)n2nnnc2-c2ccccc2)ccc1Br. The van der Waals surface area contributed by atoms with Crippen LogP contribution in [0.3, 0.4) is 0 Å². The van der Waals surface area contributed by atoms with Crippen LogP contribution in [0.2, 0.25) is 0 Å². The summed E-state index contributed by atoms with van der Waals surface area (Å²) < 4.78 is 7.77. The Labute approximate surface area is 175 Å². The van der Waals surface area contributed by atoms with Crippen molar-refractivity contribution in [2.45, 2.75) is 6.92 Å². The van der Waals surface area contributed by atoms with Crippen molar-refractivity contribution >= 4 is 39.3 Å². The van der Waals surface area contributed by atoms with Gasteiger partial charge in [-0.15, -0.1) is 5.10 Å². The van der Waals surface area contributed by atoms with Crippen LogP contribution in [0.15, 0.2) is 75.8 Å². The van der Waals surface area contributed by atoms with Gasteiger partial charge in [0.1, 0.15) is 11.5 Å². The number of nitrogens with zero attached hydrogens (tertiary/aromatic N) is 4. The summed E-state index contributed by atoms with van der Waals surface area (Å²) in [4.78, 5) is 13.2. The molecule has 2 aromatic heterocycles. The van der Waals surface area contributed by atoms with E-state index in [1.807, 2.05) is 55.5 Å². The first-order valence-corrected chi connectivity index (χ1v) is 9.58. The molecule has 8 heteroatoms. The molecule has 1 amide bonds. The average Bonchev–Trinajstić information content (AvgIpc) is 3.41. The lowest BCUT2D eigenvalue weighted by Crippen LogP contribution is -2.19. The minimum atomic E-state index is -0.368. The molecule has 144 valence electrons. The van der Waals surface area contributed by atoms with Crippen molar-refractivity contribution in [3.63, 3.8) is 0 Å². The quantitative estimate of drug-likeness (QED) is 0.448. The monoisotopic (exact) mass is 449 g/mol. The number of halogens is 1. The fraction of sp³-hybridized carbons (Fsp3) is 0.0476. The number of nitrogens with one attached hydrogen (secondary N) is 1. The first-order valence-electron chi connectivity index (χ1n) is 8.79. The van der Waals surface area contributed by atoms with E-state index in [2.05, 4.69) is 36.8 Å². The topological polar surface area (TPSA) is 85.8 Å². The summed E-state index contributed by atoms with van der Waals surface area (Å²) in [6.45, 7) is 1.95. The van der Waals surface area contributed by atoms with Crippen LogP contribution in [0.25, 0.3) is 23.2 Å². The van der Waals surface area contributed by atoms with Crippen molar-refractivity contribution in [3.8, 4) is 11.4 Å². The highest BCUT2D eigenvalue weighted by Gasteiger charge is 2.20. The molecule has 2 aromatic carbocycles. The van der Waals surface area contributed by atoms with Gasteiger partial charge < -0.3 is 9.73 Å². The number of aryl methyl sites for hydroxylation is 1. The molecule has 0 aliphatic heterocycles. The predicted molar refractivity (Wildman–Crippen MR) is 114 cm³/mol. The summed E-state index contributed by atoms with van der Waals surface area (Å²) in [5, 5.41) is 14.8. The highest BCUT2D eigenvalue weighted by molar-refractivity contribution is 9.10. The van der Waals surface area contributed by atoms with Gasteiger partial charge in [0.25, 0.3) is 5.91 Å². The third kappa shape index (κ3) is 4.17. The first-order chi connectivity index (χ1) is 14.1. The zero-order chi connectivity index (χ0) is 20.2. The average molecular weight is 450 g/mol. The van der Waals surface area contributed by atoms with Crippen molar-refractivity contribution in [2.24, 2.45) is 0 Å². The van der Waals surface area contributed by atoms with E-state index in [9.17, 15) is 4.79 Å². The molecule has 4 aromatic rings. The lowest BCUT2D eigenvalue weighted by atomic mass is 10.2. The molecule has 7 nitrogen and oxygen atoms in total. The van der Waals surface area contributed by atoms with Crippen molar-refractivity contribution in [1.82, 2.24) is 20.2 Å². The molecular weight excluding hydrogens is 434 g/mol. The van der Waals surface area contributed by atoms with E-state index in [-0.39, 0.29) is 11.6 Å². The number of rotatable bonds is 5. The Morgan fingerprint density at radius 2 is 1.97 bits per heavy atom. The maximum Gasteiger partial charge on any atom is 0.274 e. The molecule has 0 fully saturated rings. The number of furan rings is 1. The lowest BCUT2D eigenvalue weighted by Gasteiger charge is -2.11. The summed E-state index contributed by atoms with van der Waals surface area (Å²) in [5.74, 6) is 0.592. The van der Waals surface area contributed by atoms with E-state index in [0.717, 1.165) is 15.6 Å². The Hall–Kier alpha value is -3.52. The number of benzene rings is 2. The van der Waals surface area contributed by atoms with Crippen LogP contribution in [0.5, 0.6) is 0 Å². The fourth-order valence-electron chi connectivity index (χ4n) is 2.77. The minimum Gasteiger partial charge on any atom is -0.465 e. The van der Waals surface area contributed by atoms with Crippen molar-refractivity contribution in [3.05, 3.63) is 82.7 Å². The van der Waals surface area contributed by atoms with Crippen LogP contribution in [-0.4, -0.2) is 26.1 Å². The van der Waals surface area contributed by atoms with Crippen LogP contribution in [0.4, 0.5) is 5.69 Å². The van der Waals surface area contributed by atoms with E-state index in [1.165, 1.54) is 10.9 Å². The molecule has 1 N–H and O–H groups in total. The summed E-state index contributed by atoms with van der Waals surface area (Å²) >= 11 is 3.46. The standard InChI is InChI=1S/C21H16BrN5O2/c1-14-12-16(9-10-18(14)22)23-21(28)19(13-17-8-5-11-29-17)27-20(24-25-26-27)15-6-3-2-4-7-15/h2-13H,1H3,(H,23,28)/b19-13+. The molecule has 0 bridgehead atoms. The molecule has 0 saturated carbocycles. The highest BCUT2D eigenvalue weighted by Crippen LogP contribution is 2.24. The van der Waals surface area contributed by atoms with Gasteiger partial charge in [0, 0.05) is 21.8 Å². The van der Waals surface area contributed by atoms with Crippen LogP contribution in [0.1, 0.15) is 11.3 Å². The molecule has 0 unspecified atom stereocenters. The Bertz CT molecular complexity index is 1170. The second-order valence-corrected chi connectivity index (χ2v) is 7.10. The molecule has 0 aliphatic rings. The number of anilines is 1. The molecule has 0 radical (unpaired) electrons. The smallest absolute Gasteiger partial charge is 0.274 e. The second-order valence-electron chi connectivity index (χ2n) is 6.24. The summed E-state index contributed by atoms with van der Waals surface area (Å²) in [6, 6.07) is 18.5. The van der Waals surface area contributed by atoms with Crippen molar-refractivity contribution in [2.75, 3.05) is 5.32 Å². The van der Waals surface area contributed by atoms with Gasteiger partial charge in [-0.2, -0.15) is 4.68 Å². The summed E-state index contributed by atoms with van der Waals surface area (Å²) in [7, 11) is 0. The van der Waals surface area contributed by atoms with Crippen LogP contribution < -0.4 is 5.32 Å². The maximum absolute atomic E-state index is 13.2. The van der Waals surface area contributed by atoms with Gasteiger partial charge in [0.2, 0.25) is 0 Å². The molecule has 0 atom stereocenters. The predicted octanol–water partition coefficient (Wildman–Crippen LogP) is 4.64. The zero-order valence-corrected chi connectivity index (χ0v) is 17.0. The first kappa shape index (κ1) is 18.8. The van der Waals surface area contributed by atoms with Gasteiger partial charge in [-0.3, -0.25) is 4.79 Å². The van der Waals surface area contributed by atoms with Gasteiger partial charge in [-0.05, 0) is 53.2 Å². The van der Waals surface area contributed by atoms with Crippen molar-refractivity contribution in [1.29, 1.82) is 0 Å². The third-order valence-electron chi connectivity index (χ3n) is 4.20. The zero-order valence-electron chi connectivity index (χ0n) is 15.4. The van der Waals surface area contributed by atoms with E-state index in [4.69, 9.17) is 4.42 Å². The molecule has 4 rings (SSSR count). The van der Waals surface area contributed by atoms with Gasteiger partial charge in [-0.25, -0.2) is 0 Å². The second kappa shape index (κ2) is 8.24. The number of aromatic nitrogens is 4. The number of carbonyl (C=O) groups excluding carboxylic acids is 1. The minimum absolute atomic E-state index is 0.226. The van der Waals surface area contributed by atoms with E-state index < -0.39 is 0 Å². The van der Waals surface area contributed by atoms with E-state index in [1.54, 1.807) is 18.2 Å². The number of hydrogen-bond donors (Lipinski definition) is 1. The van der Waals surface area contributed by atoms with Gasteiger partial charge in [0.15, 0.2) is 5.82 Å². The summed E-state index contributed by atoms with van der Waals surface area (Å²) in [6.07, 6.45) is 3.14. The highest BCUT2D eigenvalue weighted by atomic mass is 79.9. The van der Waals surface area contributed by atoms with Gasteiger partial charge in [-0.1, -0.05) is 46.3 Å². The van der Waals surface area contributed by atoms with Gasteiger partial charge >= 0.3 is 0 Å². The number of tetrazole rings is 1. The molecule has 0 spiro atoms. The molecule has 29 heavy (non-hydrogen) atoms. The molecule has 2 heterocycles. The Morgan fingerprint density at radius 3 is 2.69 bits per heavy atom. The number of carbonyl (C=O) groups is 1. The Balaban J connectivity index is 1.75. The van der Waals surface area contributed by atoms with E-state index >= 15 is 0 Å². The summed E-state index contributed by atoms with van der Waals surface area (Å²) in [5.41, 5.74) is 2.68. The van der Waals surface area contributed by atoms with Crippen LogP contribution >= 0.6 is 15.9 Å². The maximum atomic E-state index is 13.2. The Morgan fingerprint density at radius 1 is 1.14 bits per heavy atom. The lowest BCUT2D eigenvalue weighted by molar-refractivity contribution is -0.111. The van der Waals surface area contributed by atoms with Gasteiger partial charge in [0.05, 0.1) is 6.26 Å². The van der Waals surface area contributed by atoms with E-state index in [0.29, 0.717) is 17.3 Å². The third-order valence-corrected chi connectivity index (χ3v) is 5.09. The molecule has 0 aliphatic carbocycles. The fourth-order valence-corrected chi connectivity index (χ4v) is 3.01. The molecule has 0 saturated heterocycles.